The lowest BCUT2D eigenvalue weighted by molar-refractivity contribution is -0.129. The van der Waals surface area contributed by atoms with Gasteiger partial charge in [-0.25, -0.2) is 4.98 Å². The molecule has 1 fully saturated rings. The van der Waals surface area contributed by atoms with Crippen molar-refractivity contribution >= 4 is 39.2 Å². The van der Waals surface area contributed by atoms with E-state index in [0.717, 1.165) is 52.7 Å². The number of amides is 1. The van der Waals surface area contributed by atoms with E-state index in [1.807, 2.05) is 30.0 Å². The molecule has 0 bridgehead atoms. The minimum Gasteiger partial charge on any atom is -0.494 e. The molecule has 0 radical (unpaired) electrons. The molecule has 1 aromatic heterocycles. The maximum Gasteiger partial charge on any atom is 0.233 e. The van der Waals surface area contributed by atoms with Crippen molar-refractivity contribution in [3.63, 3.8) is 0 Å². The zero-order chi connectivity index (χ0) is 20.1. The molecular formula is C23H26N2O2S2. The summed E-state index contributed by atoms with van der Waals surface area (Å²) in [6.07, 6.45) is 3.30. The van der Waals surface area contributed by atoms with E-state index in [1.165, 1.54) is 5.56 Å². The number of carbonyl (C=O) groups is 1. The van der Waals surface area contributed by atoms with Crippen LogP contribution in [0.1, 0.15) is 25.3 Å². The first kappa shape index (κ1) is 20.2. The second-order valence-electron chi connectivity index (χ2n) is 7.34. The van der Waals surface area contributed by atoms with Gasteiger partial charge < -0.3 is 9.64 Å². The summed E-state index contributed by atoms with van der Waals surface area (Å²) >= 11 is 3.17. The van der Waals surface area contributed by atoms with E-state index < -0.39 is 0 Å². The summed E-state index contributed by atoms with van der Waals surface area (Å²) in [5, 5.41) is 0. The summed E-state index contributed by atoms with van der Waals surface area (Å²) in [6.45, 7) is 4.37. The smallest absolute Gasteiger partial charge is 0.233 e. The van der Waals surface area contributed by atoms with Gasteiger partial charge in [-0.3, -0.25) is 4.79 Å². The molecule has 152 valence electrons. The van der Waals surface area contributed by atoms with E-state index in [9.17, 15) is 4.79 Å². The van der Waals surface area contributed by atoms with Crippen LogP contribution in [0.4, 0.5) is 0 Å². The van der Waals surface area contributed by atoms with Crippen LogP contribution in [0.2, 0.25) is 0 Å². The molecule has 29 heavy (non-hydrogen) atoms. The fraction of sp³-hybridized carbons (Fsp3) is 0.391. The molecule has 0 aliphatic carbocycles. The second-order valence-corrected chi connectivity index (χ2v) is 9.60. The number of ether oxygens (including phenoxy) is 1. The van der Waals surface area contributed by atoms with Gasteiger partial charge in [-0.1, -0.05) is 42.1 Å². The number of likely N-dealkylation sites (tertiary alicyclic amines) is 1. The number of thiazole rings is 1. The Morgan fingerprint density at radius 1 is 1.21 bits per heavy atom. The molecule has 1 saturated heterocycles. The van der Waals surface area contributed by atoms with E-state index in [2.05, 4.69) is 35.3 Å². The highest BCUT2D eigenvalue weighted by molar-refractivity contribution is 8.01. The zero-order valence-corrected chi connectivity index (χ0v) is 18.3. The highest BCUT2D eigenvalue weighted by atomic mass is 32.2. The van der Waals surface area contributed by atoms with Crippen LogP contribution in [0, 0.1) is 5.92 Å². The van der Waals surface area contributed by atoms with Crippen molar-refractivity contribution in [2.24, 2.45) is 5.92 Å². The lowest BCUT2D eigenvalue weighted by Gasteiger charge is -2.32. The lowest BCUT2D eigenvalue weighted by atomic mass is 9.90. The van der Waals surface area contributed by atoms with E-state index >= 15 is 0 Å². The molecule has 2 aromatic carbocycles. The third-order valence-electron chi connectivity index (χ3n) is 5.30. The van der Waals surface area contributed by atoms with E-state index in [1.54, 1.807) is 23.1 Å². The molecule has 0 atom stereocenters. The molecule has 2 heterocycles. The Bertz CT molecular complexity index is 950. The maximum atomic E-state index is 12.7. The molecule has 1 aliphatic heterocycles. The summed E-state index contributed by atoms with van der Waals surface area (Å²) in [5.74, 6) is 2.23. The van der Waals surface area contributed by atoms with Crippen LogP contribution in [0.25, 0.3) is 10.2 Å². The number of hydrogen-bond acceptors (Lipinski definition) is 5. The van der Waals surface area contributed by atoms with Gasteiger partial charge in [-0.2, -0.15) is 0 Å². The van der Waals surface area contributed by atoms with Crippen molar-refractivity contribution in [3.05, 3.63) is 54.1 Å². The van der Waals surface area contributed by atoms with Gasteiger partial charge in [0.15, 0.2) is 4.34 Å². The number of piperidine rings is 1. The van der Waals surface area contributed by atoms with E-state index in [4.69, 9.17) is 4.74 Å². The molecular weight excluding hydrogens is 400 g/mol. The van der Waals surface area contributed by atoms with Crippen LogP contribution in [0.5, 0.6) is 5.75 Å². The highest BCUT2D eigenvalue weighted by Gasteiger charge is 2.23. The van der Waals surface area contributed by atoms with Crippen LogP contribution in [0.3, 0.4) is 0 Å². The summed E-state index contributed by atoms with van der Waals surface area (Å²) in [7, 11) is 0. The SMILES string of the molecule is CCOc1ccc2nc(SCC(=O)N3CCC(Cc4ccccc4)CC3)sc2c1. The predicted octanol–water partition coefficient (Wildman–Crippen LogP) is 5.27. The van der Waals surface area contributed by atoms with Crippen LogP contribution >= 0.6 is 23.1 Å². The zero-order valence-electron chi connectivity index (χ0n) is 16.7. The van der Waals surface area contributed by atoms with E-state index in [-0.39, 0.29) is 5.91 Å². The molecule has 4 rings (SSSR count). The maximum absolute atomic E-state index is 12.7. The van der Waals surface area contributed by atoms with Crippen molar-refractivity contribution < 1.29 is 9.53 Å². The van der Waals surface area contributed by atoms with Crippen LogP contribution < -0.4 is 4.74 Å². The topological polar surface area (TPSA) is 42.4 Å². The van der Waals surface area contributed by atoms with E-state index in [0.29, 0.717) is 18.3 Å². The molecule has 1 amide bonds. The summed E-state index contributed by atoms with van der Waals surface area (Å²) in [6, 6.07) is 16.6. The highest BCUT2D eigenvalue weighted by Crippen LogP contribution is 2.32. The molecule has 0 spiro atoms. The van der Waals surface area contributed by atoms with Gasteiger partial charge in [0.05, 0.1) is 22.6 Å². The summed E-state index contributed by atoms with van der Waals surface area (Å²) in [5.41, 5.74) is 2.37. The van der Waals surface area contributed by atoms with Gasteiger partial charge >= 0.3 is 0 Å². The number of benzene rings is 2. The van der Waals surface area contributed by atoms with Gasteiger partial charge in [-0.05, 0) is 55.9 Å². The lowest BCUT2D eigenvalue weighted by Crippen LogP contribution is -2.39. The Hall–Kier alpha value is -2.05. The largest absolute Gasteiger partial charge is 0.494 e. The van der Waals surface area contributed by atoms with Crippen LogP contribution in [-0.2, 0) is 11.2 Å². The minimum atomic E-state index is 0.224. The van der Waals surface area contributed by atoms with Gasteiger partial charge in [-0.15, -0.1) is 11.3 Å². The van der Waals surface area contributed by atoms with Crippen molar-refractivity contribution in [3.8, 4) is 5.75 Å². The molecule has 4 nitrogen and oxygen atoms in total. The average molecular weight is 427 g/mol. The second kappa shape index (κ2) is 9.63. The summed E-state index contributed by atoms with van der Waals surface area (Å²) < 4.78 is 7.61. The Morgan fingerprint density at radius 2 is 2.00 bits per heavy atom. The van der Waals surface area contributed by atoms with Crippen LogP contribution in [0.15, 0.2) is 52.9 Å². The van der Waals surface area contributed by atoms with Gasteiger partial charge in [0, 0.05) is 13.1 Å². The Labute approximate surface area is 180 Å². The Kier molecular flexibility index (Phi) is 6.72. The number of thioether (sulfide) groups is 1. The van der Waals surface area contributed by atoms with Crippen molar-refractivity contribution in [1.82, 2.24) is 9.88 Å². The van der Waals surface area contributed by atoms with Crippen LogP contribution in [-0.4, -0.2) is 41.2 Å². The van der Waals surface area contributed by atoms with Crippen molar-refractivity contribution in [2.75, 3.05) is 25.4 Å². The van der Waals surface area contributed by atoms with Gasteiger partial charge in [0.1, 0.15) is 5.75 Å². The normalized spacial score (nSPS) is 15.0. The van der Waals surface area contributed by atoms with Gasteiger partial charge in [0.25, 0.3) is 0 Å². The third-order valence-corrected chi connectivity index (χ3v) is 7.45. The van der Waals surface area contributed by atoms with Gasteiger partial charge in [0.2, 0.25) is 5.91 Å². The molecule has 1 aliphatic rings. The Morgan fingerprint density at radius 3 is 2.76 bits per heavy atom. The monoisotopic (exact) mass is 426 g/mol. The molecule has 0 saturated carbocycles. The fourth-order valence-corrected chi connectivity index (χ4v) is 5.75. The summed E-state index contributed by atoms with van der Waals surface area (Å²) in [4.78, 5) is 19.3. The number of aromatic nitrogens is 1. The third kappa shape index (κ3) is 5.31. The Balaban J connectivity index is 1.26. The number of hydrogen-bond donors (Lipinski definition) is 0. The minimum absolute atomic E-state index is 0.224. The standard InChI is InChI=1S/C23H26N2O2S2/c1-2-27-19-8-9-20-21(15-19)29-23(24-20)28-16-22(26)25-12-10-18(11-13-25)14-17-6-4-3-5-7-17/h3-9,15,18H,2,10-14,16H2,1H3. The first-order valence-corrected chi connectivity index (χ1v) is 12.0. The number of nitrogens with zero attached hydrogens (tertiary/aromatic N) is 2. The van der Waals surface area contributed by atoms with Crippen molar-refractivity contribution in [2.45, 2.75) is 30.5 Å². The number of carbonyl (C=O) groups excluding carboxylic acids is 1. The predicted molar refractivity (Wildman–Crippen MR) is 121 cm³/mol. The van der Waals surface area contributed by atoms with Crippen molar-refractivity contribution in [1.29, 1.82) is 0 Å². The fourth-order valence-electron chi connectivity index (χ4n) is 3.75. The molecule has 6 heteroatoms. The number of rotatable bonds is 7. The number of fused-ring (bicyclic) bond motifs is 1. The molecule has 0 N–H and O–H groups in total. The molecule has 3 aromatic rings. The average Bonchev–Trinajstić information content (AvgIpc) is 3.16. The first-order valence-electron chi connectivity index (χ1n) is 10.2. The quantitative estimate of drug-likeness (QED) is 0.483. The first-order chi connectivity index (χ1) is 14.2. The molecule has 0 unspecified atom stereocenters.